The van der Waals surface area contributed by atoms with E-state index in [9.17, 15) is 4.39 Å². The molecule has 0 radical (unpaired) electrons. The third-order valence-corrected chi connectivity index (χ3v) is 3.73. The molecule has 0 saturated heterocycles. The van der Waals surface area contributed by atoms with E-state index in [1.165, 1.54) is 51.0 Å². The number of benzene rings is 1. The fourth-order valence-electron chi connectivity index (χ4n) is 2.58. The lowest BCUT2D eigenvalue weighted by molar-refractivity contribution is 0.471. The second kappa shape index (κ2) is 6.04. The summed E-state index contributed by atoms with van der Waals surface area (Å²) in [6.07, 6.45) is 9.11. The van der Waals surface area contributed by atoms with Crippen molar-refractivity contribution in [2.45, 2.75) is 57.9 Å². The van der Waals surface area contributed by atoms with Crippen LogP contribution in [0, 0.1) is 12.7 Å². The Labute approximate surface area is 103 Å². The molecule has 1 aliphatic carbocycles. The number of halogens is 1. The normalized spacial score (nSPS) is 18.5. The van der Waals surface area contributed by atoms with Gasteiger partial charge in [0.05, 0.1) is 0 Å². The van der Waals surface area contributed by atoms with Crippen molar-refractivity contribution in [3.8, 4) is 0 Å². The summed E-state index contributed by atoms with van der Waals surface area (Å²) in [4.78, 5) is 0. The third kappa shape index (κ3) is 3.45. The van der Waals surface area contributed by atoms with Crippen LogP contribution in [0.2, 0.25) is 0 Å². The van der Waals surface area contributed by atoms with Crippen LogP contribution in [0.1, 0.15) is 50.5 Å². The highest BCUT2D eigenvalue weighted by atomic mass is 19.1. The van der Waals surface area contributed by atoms with Gasteiger partial charge in [0.25, 0.3) is 0 Å². The number of hydrogen-bond acceptors (Lipinski definition) is 1. The predicted molar refractivity (Wildman–Crippen MR) is 70.9 cm³/mol. The van der Waals surface area contributed by atoms with Crippen LogP contribution in [0.5, 0.6) is 0 Å². The second-order valence-electron chi connectivity index (χ2n) is 5.10. The van der Waals surface area contributed by atoms with Crippen molar-refractivity contribution in [3.63, 3.8) is 0 Å². The molecule has 1 fully saturated rings. The zero-order valence-corrected chi connectivity index (χ0v) is 10.6. The van der Waals surface area contributed by atoms with Crippen LogP contribution in [-0.4, -0.2) is 6.04 Å². The smallest absolute Gasteiger partial charge is 0.128 e. The average Bonchev–Trinajstić information content (AvgIpc) is 2.28. The van der Waals surface area contributed by atoms with E-state index in [1.807, 2.05) is 13.0 Å². The summed E-state index contributed by atoms with van der Waals surface area (Å²) in [5.41, 5.74) is 1.71. The Hall–Kier alpha value is -1.05. The van der Waals surface area contributed by atoms with Crippen molar-refractivity contribution in [1.82, 2.24) is 0 Å². The fraction of sp³-hybridized carbons (Fsp3) is 0.600. The molecule has 0 aliphatic heterocycles. The highest BCUT2D eigenvalue weighted by Crippen LogP contribution is 2.23. The number of anilines is 1. The maximum atomic E-state index is 13.4. The Morgan fingerprint density at radius 3 is 2.41 bits per heavy atom. The van der Waals surface area contributed by atoms with Gasteiger partial charge in [-0.3, -0.25) is 0 Å². The van der Waals surface area contributed by atoms with Crippen LogP contribution in [0.15, 0.2) is 18.2 Å². The molecule has 0 heterocycles. The Morgan fingerprint density at radius 1 is 1.06 bits per heavy atom. The summed E-state index contributed by atoms with van der Waals surface area (Å²) in [6.45, 7) is 1.85. The molecule has 17 heavy (non-hydrogen) atoms. The van der Waals surface area contributed by atoms with E-state index in [4.69, 9.17) is 0 Å². The van der Waals surface area contributed by atoms with Crippen molar-refractivity contribution >= 4 is 5.69 Å². The number of hydrogen-bond donors (Lipinski definition) is 1. The molecule has 2 heteroatoms. The van der Waals surface area contributed by atoms with Gasteiger partial charge in [-0.15, -0.1) is 0 Å². The van der Waals surface area contributed by atoms with Gasteiger partial charge < -0.3 is 5.32 Å². The number of nitrogens with one attached hydrogen (secondary N) is 1. The molecule has 1 aromatic rings. The van der Waals surface area contributed by atoms with Crippen molar-refractivity contribution in [1.29, 1.82) is 0 Å². The van der Waals surface area contributed by atoms with E-state index >= 15 is 0 Å². The third-order valence-electron chi connectivity index (χ3n) is 3.73. The fourth-order valence-corrected chi connectivity index (χ4v) is 2.58. The zero-order chi connectivity index (χ0) is 12.1. The molecule has 0 aromatic heterocycles. The topological polar surface area (TPSA) is 12.0 Å². The Kier molecular flexibility index (Phi) is 4.41. The zero-order valence-electron chi connectivity index (χ0n) is 10.6. The highest BCUT2D eigenvalue weighted by molar-refractivity contribution is 5.51. The van der Waals surface area contributed by atoms with E-state index in [0.29, 0.717) is 6.04 Å². The minimum Gasteiger partial charge on any atom is -0.382 e. The number of rotatable bonds is 2. The first-order chi connectivity index (χ1) is 8.27. The van der Waals surface area contributed by atoms with E-state index < -0.39 is 0 Å². The van der Waals surface area contributed by atoms with Gasteiger partial charge in [0, 0.05) is 17.3 Å². The lowest BCUT2D eigenvalue weighted by Gasteiger charge is -2.23. The van der Waals surface area contributed by atoms with Gasteiger partial charge in [0.1, 0.15) is 5.82 Å². The predicted octanol–water partition coefficient (Wildman–Crippen LogP) is 4.66. The largest absolute Gasteiger partial charge is 0.382 e. The van der Waals surface area contributed by atoms with Crippen LogP contribution in [0.3, 0.4) is 0 Å². The summed E-state index contributed by atoms with van der Waals surface area (Å²) < 4.78 is 13.4. The molecule has 1 nitrogen and oxygen atoms in total. The standard InChI is InChI=1S/C15H22FN/c1-12-14(16)10-7-11-15(12)17-13-8-5-3-2-4-6-9-13/h7,10-11,13,17H,2-6,8-9H2,1H3. The van der Waals surface area contributed by atoms with E-state index in [-0.39, 0.29) is 5.82 Å². The maximum Gasteiger partial charge on any atom is 0.128 e. The van der Waals surface area contributed by atoms with E-state index in [0.717, 1.165) is 11.3 Å². The summed E-state index contributed by atoms with van der Waals surface area (Å²) in [5.74, 6) is -0.110. The maximum absolute atomic E-state index is 13.4. The molecule has 0 unspecified atom stereocenters. The van der Waals surface area contributed by atoms with Crippen molar-refractivity contribution in [2.24, 2.45) is 0 Å². The molecular weight excluding hydrogens is 213 g/mol. The van der Waals surface area contributed by atoms with E-state index in [1.54, 1.807) is 6.07 Å². The van der Waals surface area contributed by atoms with Crippen LogP contribution in [0.25, 0.3) is 0 Å². The van der Waals surface area contributed by atoms with Gasteiger partial charge in [-0.05, 0) is 31.9 Å². The van der Waals surface area contributed by atoms with Crippen LogP contribution in [0.4, 0.5) is 10.1 Å². The molecule has 0 amide bonds. The van der Waals surface area contributed by atoms with Crippen molar-refractivity contribution in [2.75, 3.05) is 5.32 Å². The highest BCUT2D eigenvalue weighted by Gasteiger charge is 2.12. The molecule has 94 valence electrons. The SMILES string of the molecule is Cc1c(F)cccc1NC1CCCCCCC1. The molecule has 0 bridgehead atoms. The average molecular weight is 235 g/mol. The summed E-state index contributed by atoms with van der Waals surface area (Å²) >= 11 is 0. The molecule has 1 aromatic carbocycles. The monoisotopic (exact) mass is 235 g/mol. The first kappa shape index (κ1) is 12.4. The van der Waals surface area contributed by atoms with Crippen molar-refractivity contribution in [3.05, 3.63) is 29.6 Å². The van der Waals surface area contributed by atoms with Crippen LogP contribution < -0.4 is 5.32 Å². The first-order valence-electron chi connectivity index (χ1n) is 6.79. The molecule has 0 spiro atoms. The lowest BCUT2D eigenvalue weighted by Crippen LogP contribution is -2.21. The quantitative estimate of drug-likeness (QED) is 0.786. The van der Waals surface area contributed by atoms with Gasteiger partial charge in [0.2, 0.25) is 0 Å². The Bertz CT molecular complexity index is 354. The van der Waals surface area contributed by atoms with Crippen LogP contribution >= 0.6 is 0 Å². The van der Waals surface area contributed by atoms with Gasteiger partial charge in [-0.25, -0.2) is 4.39 Å². The van der Waals surface area contributed by atoms with E-state index in [2.05, 4.69) is 5.32 Å². The summed E-state index contributed by atoms with van der Waals surface area (Å²) in [7, 11) is 0. The Balaban J connectivity index is 2.00. The molecule has 2 rings (SSSR count). The minimum atomic E-state index is -0.110. The van der Waals surface area contributed by atoms with Crippen molar-refractivity contribution < 1.29 is 4.39 Å². The minimum absolute atomic E-state index is 0.110. The molecule has 1 aliphatic rings. The van der Waals surface area contributed by atoms with Gasteiger partial charge in [-0.1, -0.05) is 38.2 Å². The van der Waals surface area contributed by atoms with Gasteiger partial charge in [-0.2, -0.15) is 0 Å². The molecule has 1 N–H and O–H groups in total. The lowest BCUT2D eigenvalue weighted by atomic mass is 9.96. The van der Waals surface area contributed by atoms with Crippen LogP contribution in [-0.2, 0) is 0 Å². The molecular formula is C15H22FN. The molecule has 1 saturated carbocycles. The van der Waals surface area contributed by atoms with Gasteiger partial charge >= 0.3 is 0 Å². The summed E-state index contributed by atoms with van der Waals surface area (Å²) in [6, 6.07) is 5.82. The van der Waals surface area contributed by atoms with Gasteiger partial charge in [0.15, 0.2) is 0 Å². The summed E-state index contributed by atoms with van der Waals surface area (Å²) in [5, 5.41) is 3.52. The first-order valence-corrected chi connectivity index (χ1v) is 6.79. The Morgan fingerprint density at radius 2 is 1.71 bits per heavy atom. The second-order valence-corrected chi connectivity index (χ2v) is 5.10. The molecule has 0 atom stereocenters.